The number of hydrogen-bond acceptors (Lipinski definition) is 3. The average Bonchev–Trinajstić information content (AvgIpc) is 2.46. The summed E-state index contributed by atoms with van der Waals surface area (Å²) in [4.78, 5) is 25.7. The first-order valence-electron chi connectivity index (χ1n) is 7.62. The zero-order valence-electron chi connectivity index (χ0n) is 13.4. The Balaban J connectivity index is 2.24. The Labute approximate surface area is 131 Å². The van der Waals surface area contributed by atoms with E-state index in [9.17, 15) is 14.7 Å². The molecule has 5 heteroatoms. The molecule has 0 radical (unpaired) electrons. The van der Waals surface area contributed by atoms with Crippen LogP contribution in [-0.4, -0.2) is 34.9 Å². The summed E-state index contributed by atoms with van der Waals surface area (Å²) in [6, 6.07) is 4.93. The Hall–Kier alpha value is -2.04. The van der Waals surface area contributed by atoms with Crippen molar-refractivity contribution in [3.63, 3.8) is 0 Å². The van der Waals surface area contributed by atoms with Crippen molar-refractivity contribution in [2.24, 2.45) is 11.7 Å². The van der Waals surface area contributed by atoms with E-state index in [-0.39, 0.29) is 28.9 Å². The van der Waals surface area contributed by atoms with Crippen molar-refractivity contribution in [1.82, 2.24) is 4.90 Å². The molecule has 1 unspecified atom stereocenters. The number of primary amides is 1. The lowest BCUT2D eigenvalue weighted by molar-refractivity contribution is -0.123. The molecular weight excluding hydrogens is 280 g/mol. The zero-order chi connectivity index (χ0) is 16.5. The standard InChI is InChI=1S/C17H24N2O3/c1-17(2,3)13-9-11(6-7-14(13)20)16(22)19-8-4-5-12(10-19)15(18)21/h6-7,9,12,20H,4-5,8,10H2,1-3H3,(H2,18,21). The first-order chi connectivity index (χ1) is 10.2. The maximum Gasteiger partial charge on any atom is 0.253 e. The fraction of sp³-hybridized carbons (Fsp3) is 0.529. The lowest BCUT2D eigenvalue weighted by Crippen LogP contribution is -2.44. The number of benzene rings is 1. The summed E-state index contributed by atoms with van der Waals surface area (Å²) in [7, 11) is 0. The highest BCUT2D eigenvalue weighted by Gasteiger charge is 2.28. The molecule has 1 aliphatic heterocycles. The van der Waals surface area contributed by atoms with Gasteiger partial charge in [-0.25, -0.2) is 0 Å². The maximum absolute atomic E-state index is 12.7. The Morgan fingerprint density at radius 3 is 2.59 bits per heavy atom. The molecule has 1 atom stereocenters. The second-order valence-corrected chi connectivity index (χ2v) is 6.97. The van der Waals surface area contributed by atoms with Crippen LogP contribution in [0.3, 0.4) is 0 Å². The predicted octanol–water partition coefficient (Wildman–Crippen LogP) is 2.03. The van der Waals surface area contributed by atoms with Crippen molar-refractivity contribution in [2.75, 3.05) is 13.1 Å². The third kappa shape index (κ3) is 3.40. The van der Waals surface area contributed by atoms with Crippen molar-refractivity contribution in [2.45, 2.75) is 39.0 Å². The molecule has 2 amide bonds. The number of nitrogens with zero attached hydrogens (tertiary/aromatic N) is 1. The topological polar surface area (TPSA) is 83.6 Å². The number of carbonyl (C=O) groups excluding carboxylic acids is 2. The van der Waals surface area contributed by atoms with E-state index >= 15 is 0 Å². The minimum Gasteiger partial charge on any atom is -0.508 e. The largest absolute Gasteiger partial charge is 0.508 e. The molecule has 1 heterocycles. The van der Waals surface area contributed by atoms with Crippen molar-refractivity contribution in [1.29, 1.82) is 0 Å². The third-order valence-corrected chi connectivity index (χ3v) is 4.16. The minimum atomic E-state index is -0.349. The first kappa shape index (κ1) is 16.3. The minimum absolute atomic E-state index is 0.114. The van der Waals surface area contributed by atoms with Crippen LogP contribution in [0.15, 0.2) is 18.2 Å². The molecule has 0 bridgehead atoms. The fourth-order valence-electron chi connectivity index (χ4n) is 2.85. The van der Waals surface area contributed by atoms with Crippen molar-refractivity contribution in [3.05, 3.63) is 29.3 Å². The van der Waals surface area contributed by atoms with E-state index in [2.05, 4.69) is 0 Å². The molecule has 3 N–H and O–H groups in total. The number of rotatable bonds is 2. The number of phenols is 1. The van der Waals surface area contributed by atoms with Gasteiger partial charge in [0, 0.05) is 24.2 Å². The molecule has 2 rings (SSSR count). The fourth-order valence-corrected chi connectivity index (χ4v) is 2.85. The van der Waals surface area contributed by atoms with Gasteiger partial charge in [-0.05, 0) is 36.5 Å². The van der Waals surface area contributed by atoms with Gasteiger partial charge < -0.3 is 15.7 Å². The highest BCUT2D eigenvalue weighted by molar-refractivity contribution is 5.95. The van der Waals surface area contributed by atoms with Gasteiger partial charge in [0.2, 0.25) is 5.91 Å². The summed E-state index contributed by atoms with van der Waals surface area (Å²) < 4.78 is 0. The van der Waals surface area contributed by atoms with Crippen LogP contribution >= 0.6 is 0 Å². The van der Waals surface area contributed by atoms with Crippen molar-refractivity contribution >= 4 is 11.8 Å². The number of amides is 2. The van der Waals surface area contributed by atoms with Crippen molar-refractivity contribution in [3.8, 4) is 5.75 Å². The highest BCUT2D eigenvalue weighted by Crippen LogP contribution is 2.31. The second-order valence-electron chi connectivity index (χ2n) is 6.97. The van der Waals surface area contributed by atoms with Gasteiger partial charge in [0.1, 0.15) is 5.75 Å². The lowest BCUT2D eigenvalue weighted by Gasteiger charge is -2.31. The molecule has 0 saturated carbocycles. The Morgan fingerprint density at radius 1 is 1.32 bits per heavy atom. The normalized spacial score (nSPS) is 19.0. The Bertz CT molecular complexity index is 590. The number of hydrogen-bond donors (Lipinski definition) is 2. The summed E-state index contributed by atoms with van der Waals surface area (Å²) in [5.74, 6) is -0.537. The number of phenolic OH excluding ortho intramolecular Hbond substituents is 1. The summed E-state index contributed by atoms with van der Waals surface area (Å²) in [5.41, 5.74) is 6.38. The van der Waals surface area contributed by atoms with Crippen LogP contribution < -0.4 is 5.73 Å². The number of likely N-dealkylation sites (tertiary alicyclic amines) is 1. The number of piperidine rings is 1. The summed E-state index contributed by atoms with van der Waals surface area (Å²) in [6.45, 7) is 6.97. The predicted molar refractivity (Wildman–Crippen MR) is 84.6 cm³/mol. The van der Waals surface area contributed by atoms with E-state index in [1.54, 1.807) is 23.1 Å². The highest BCUT2D eigenvalue weighted by atomic mass is 16.3. The lowest BCUT2D eigenvalue weighted by atomic mass is 9.85. The quantitative estimate of drug-likeness (QED) is 0.877. The monoisotopic (exact) mass is 304 g/mol. The SMILES string of the molecule is CC(C)(C)c1cc(C(=O)N2CCCC(C(N)=O)C2)ccc1O. The van der Waals surface area contributed by atoms with Crippen LogP contribution in [0.25, 0.3) is 0 Å². The molecule has 0 aliphatic carbocycles. The van der Waals surface area contributed by atoms with Gasteiger partial charge in [0.25, 0.3) is 5.91 Å². The number of nitrogens with two attached hydrogens (primary N) is 1. The molecule has 0 aromatic heterocycles. The Morgan fingerprint density at radius 2 is 2.00 bits per heavy atom. The van der Waals surface area contributed by atoms with Crippen LogP contribution in [0.5, 0.6) is 5.75 Å². The van der Waals surface area contributed by atoms with Crippen LogP contribution in [0.2, 0.25) is 0 Å². The van der Waals surface area contributed by atoms with Crippen LogP contribution in [0.1, 0.15) is 49.5 Å². The summed E-state index contributed by atoms with van der Waals surface area (Å²) in [5, 5.41) is 9.99. The van der Waals surface area contributed by atoms with E-state index in [1.165, 1.54) is 0 Å². The molecule has 0 spiro atoms. The van der Waals surface area contributed by atoms with Gasteiger partial charge in [-0.2, -0.15) is 0 Å². The van der Waals surface area contributed by atoms with E-state index in [1.807, 2.05) is 20.8 Å². The van der Waals surface area contributed by atoms with Gasteiger partial charge in [-0.15, -0.1) is 0 Å². The molecule has 5 nitrogen and oxygen atoms in total. The van der Waals surface area contributed by atoms with Gasteiger partial charge in [-0.3, -0.25) is 9.59 Å². The molecule has 1 aliphatic rings. The van der Waals surface area contributed by atoms with Crippen LogP contribution in [0, 0.1) is 5.92 Å². The van der Waals surface area contributed by atoms with Gasteiger partial charge in [0.15, 0.2) is 0 Å². The molecular formula is C17H24N2O3. The van der Waals surface area contributed by atoms with Crippen molar-refractivity contribution < 1.29 is 14.7 Å². The van der Waals surface area contributed by atoms with Gasteiger partial charge in [-0.1, -0.05) is 20.8 Å². The zero-order valence-corrected chi connectivity index (χ0v) is 13.4. The second kappa shape index (κ2) is 5.99. The summed E-state index contributed by atoms with van der Waals surface area (Å²) in [6.07, 6.45) is 1.52. The number of aromatic hydroxyl groups is 1. The smallest absolute Gasteiger partial charge is 0.253 e. The summed E-state index contributed by atoms with van der Waals surface area (Å²) >= 11 is 0. The van der Waals surface area contributed by atoms with E-state index in [4.69, 9.17) is 5.73 Å². The molecule has 1 saturated heterocycles. The molecule has 1 aromatic rings. The van der Waals surface area contributed by atoms with E-state index in [0.29, 0.717) is 18.7 Å². The third-order valence-electron chi connectivity index (χ3n) is 4.16. The Kier molecular flexibility index (Phi) is 4.44. The number of carbonyl (C=O) groups is 2. The van der Waals surface area contributed by atoms with E-state index < -0.39 is 0 Å². The molecule has 120 valence electrons. The average molecular weight is 304 g/mol. The first-order valence-corrected chi connectivity index (χ1v) is 7.62. The van der Waals surface area contributed by atoms with Crippen LogP contribution in [-0.2, 0) is 10.2 Å². The maximum atomic E-state index is 12.7. The van der Waals surface area contributed by atoms with Crippen LogP contribution in [0.4, 0.5) is 0 Å². The van der Waals surface area contributed by atoms with Gasteiger partial charge >= 0.3 is 0 Å². The molecule has 22 heavy (non-hydrogen) atoms. The van der Waals surface area contributed by atoms with Gasteiger partial charge in [0.05, 0.1) is 5.92 Å². The van der Waals surface area contributed by atoms with E-state index in [0.717, 1.165) is 18.4 Å². The molecule has 1 aromatic carbocycles. The molecule has 1 fully saturated rings.